The van der Waals surface area contributed by atoms with E-state index in [4.69, 9.17) is 9.84 Å². The number of hydrogen-bond acceptors (Lipinski definition) is 4. The molecule has 0 aliphatic carbocycles. The number of carboxylic acid groups (broad SMARTS) is 1. The Hall–Kier alpha value is -2.69. The molecule has 0 aliphatic rings. The number of phenols is 1. The fourth-order valence-corrected chi connectivity index (χ4v) is 1.99. The van der Waals surface area contributed by atoms with Gasteiger partial charge in [0, 0.05) is 12.6 Å². The molecule has 0 spiro atoms. The van der Waals surface area contributed by atoms with Gasteiger partial charge in [0.2, 0.25) is 0 Å². The first-order valence-corrected chi connectivity index (χ1v) is 6.53. The Bertz CT molecular complexity index is 623. The van der Waals surface area contributed by atoms with Crippen LogP contribution in [0.5, 0.6) is 11.5 Å². The number of methoxy groups -OCH3 is 1. The molecule has 5 heteroatoms. The van der Waals surface area contributed by atoms with Crippen molar-refractivity contribution in [3.63, 3.8) is 0 Å². The van der Waals surface area contributed by atoms with E-state index in [1.165, 1.54) is 13.2 Å². The maximum Gasteiger partial charge on any atom is 0.337 e. The number of aromatic carboxylic acids is 1. The van der Waals surface area contributed by atoms with Crippen molar-refractivity contribution in [2.24, 2.45) is 0 Å². The molecule has 0 aliphatic heterocycles. The SMILES string of the molecule is COc1ccc(C(=O)O)c(NCCc2ccc(O)cc2)c1. The molecule has 0 unspecified atom stereocenters. The lowest BCUT2D eigenvalue weighted by Crippen LogP contribution is -2.09. The van der Waals surface area contributed by atoms with Gasteiger partial charge in [-0.15, -0.1) is 0 Å². The van der Waals surface area contributed by atoms with Crippen LogP contribution in [0.3, 0.4) is 0 Å². The lowest BCUT2D eigenvalue weighted by atomic mass is 10.1. The van der Waals surface area contributed by atoms with Crippen molar-refractivity contribution >= 4 is 11.7 Å². The molecule has 0 aromatic heterocycles. The molecule has 0 fully saturated rings. The second-order valence-corrected chi connectivity index (χ2v) is 4.56. The summed E-state index contributed by atoms with van der Waals surface area (Å²) >= 11 is 0. The van der Waals surface area contributed by atoms with E-state index < -0.39 is 5.97 Å². The standard InChI is InChI=1S/C16H17NO4/c1-21-13-6-7-14(16(19)20)15(10-13)17-9-8-11-2-4-12(18)5-3-11/h2-7,10,17-18H,8-9H2,1H3,(H,19,20). The smallest absolute Gasteiger partial charge is 0.337 e. The van der Waals surface area contributed by atoms with Crippen molar-refractivity contribution in [2.75, 3.05) is 19.0 Å². The molecule has 0 saturated heterocycles. The topological polar surface area (TPSA) is 78.8 Å². The van der Waals surface area contributed by atoms with Gasteiger partial charge in [0.05, 0.1) is 18.4 Å². The largest absolute Gasteiger partial charge is 0.508 e. The number of benzene rings is 2. The quantitative estimate of drug-likeness (QED) is 0.761. The predicted octanol–water partition coefficient (Wildman–Crippen LogP) is 2.75. The van der Waals surface area contributed by atoms with Gasteiger partial charge >= 0.3 is 5.97 Å². The summed E-state index contributed by atoms with van der Waals surface area (Å²) < 4.78 is 5.11. The highest BCUT2D eigenvalue weighted by molar-refractivity contribution is 5.94. The van der Waals surface area contributed by atoms with Crippen molar-refractivity contribution < 1.29 is 19.7 Å². The molecular formula is C16H17NO4. The Balaban J connectivity index is 2.04. The summed E-state index contributed by atoms with van der Waals surface area (Å²) in [5.74, 6) is -0.149. The Kier molecular flexibility index (Phi) is 4.66. The van der Waals surface area contributed by atoms with Gasteiger partial charge in [0.25, 0.3) is 0 Å². The number of carbonyl (C=O) groups is 1. The highest BCUT2D eigenvalue weighted by Gasteiger charge is 2.10. The third-order valence-electron chi connectivity index (χ3n) is 3.12. The minimum atomic E-state index is -0.982. The van der Waals surface area contributed by atoms with Crippen molar-refractivity contribution in [2.45, 2.75) is 6.42 Å². The number of ether oxygens (including phenoxy) is 1. The molecule has 5 nitrogen and oxygen atoms in total. The number of nitrogens with one attached hydrogen (secondary N) is 1. The van der Waals surface area contributed by atoms with Gasteiger partial charge in [-0.25, -0.2) is 4.79 Å². The molecule has 2 rings (SSSR count). The summed E-state index contributed by atoms with van der Waals surface area (Å²) in [7, 11) is 1.54. The predicted molar refractivity (Wildman–Crippen MR) is 80.3 cm³/mol. The van der Waals surface area contributed by atoms with Crippen LogP contribution >= 0.6 is 0 Å². The van der Waals surface area contributed by atoms with E-state index in [-0.39, 0.29) is 11.3 Å². The number of carboxylic acids is 1. The van der Waals surface area contributed by atoms with Crippen LogP contribution < -0.4 is 10.1 Å². The van der Waals surface area contributed by atoms with E-state index in [0.29, 0.717) is 18.0 Å². The monoisotopic (exact) mass is 287 g/mol. The number of rotatable bonds is 6. The van der Waals surface area contributed by atoms with Crippen LogP contribution in [0.1, 0.15) is 15.9 Å². The zero-order valence-electron chi connectivity index (χ0n) is 11.7. The first-order chi connectivity index (χ1) is 10.1. The summed E-state index contributed by atoms with van der Waals surface area (Å²) in [5, 5.41) is 21.5. The highest BCUT2D eigenvalue weighted by atomic mass is 16.5. The fourth-order valence-electron chi connectivity index (χ4n) is 1.99. The third-order valence-corrected chi connectivity index (χ3v) is 3.12. The number of phenolic OH excluding ortho intramolecular Hbond substituents is 1. The highest BCUT2D eigenvalue weighted by Crippen LogP contribution is 2.22. The van der Waals surface area contributed by atoms with Crippen LogP contribution in [0.25, 0.3) is 0 Å². The molecule has 110 valence electrons. The van der Waals surface area contributed by atoms with E-state index >= 15 is 0 Å². The summed E-state index contributed by atoms with van der Waals surface area (Å²) in [6.45, 7) is 0.582. The summed E-state index contributed by atoms with van der Waals surface area (Å²) in [6, 6.07) is 11.7. The summed E-state index contributed by atoms with van der Waals surface area (Å²) in [6.07, 6.45) is 0.719. The van der Waals surface area contributed by atoms with Gasteiger partial charge < -0.3 is 20.3 Å². The van der Waals surface area contributed by atoms with E-state index in [9.17, 15) is 9.90 Å². The molecule has 0 atom stereocenters. The molecule has 3 N–H and O–H groups in total. The van der Waals surface area contributed by atoms with Gasteiger partial charge in [0.1, 0.15) is 11.5 Å². The Morgan fingerprint density at radius 3 is 2.52 bits per heavy atom. The first-order valence-electron chi connectivity index (χ1n) is 6.53. The molecule has 0 heterocycles. The lowest BCUT2D eigenvalue weighted by Gasteiger charge is -2.11. The molecule has 0 amide bonds. The Labute approximate surface area is 122 Å². The molecule has 0 bridgehead atoms. The molecule has 0 saturated carbocycles. The average Bonchev–Trinajstić information content (AvgIpc) is 2.49. The number of hydrogen-bond donors (Lipinski definition) is 3. The van der Waals surface area contributed by atoms with Gasteiger partial charge in [0.15, 0.2) is 0 Å². The van der Waals surface area contributed by atoms with Crippen LogP contribution in [-0.2, 0) is 6.42 Å². The van der Waals surface area contributed by atoms with Crippen LogP contribution in [0.4, 0.5) is 5.69 Å². The fraction of sp³-hybridized carbons (Fsp3) is 0.188. The van der Waals surface area contributed by atoms with Crippen molar-refractivity contribution in [1.82, 2.24) is 0 Å². The average molecular weight is 287 g/mol. The van der Waals surface area contributed by atoms with Gasteiger partial charge in [-0.1, -0.05) is 12.1 Å². The Morgan fingerprint density at radius 2 is 1.90 bits per heavy atom. The minimum absolute atomic E-state index is 0.210. The van der Waals surface area contributed by atoms with Gasteiger partial charge in [-0.3, -0.25) is 0 Å². The van der Waals surface area contributed by atoms with Gasteiger partial charge in [-0.2, -0.15) is 0 Å². The molecule has 21 heavy (non-hydrogen) atoms. The first kappa shape index (κ1) is 14.7. The van der Waals surface area contributed by atoms with Crippen molar-refractivity contribution in [3.05, 3.63) is 53.6 Å². The molecule has 2 aromatic carbocycles. The van der Waals surface area contributed by atoms with Crippen molar-refractivity contribution in [1.29, 1.82) is 0 Å². The zero-order valence-corrected chi connectivity index (χ0v) is 11.7. The normalized spacial score (nSPS) is 10.1. The van der Waals surface area contributed by atoms with Crippen LogP contribution in [-0.4, -0.2) is 29.8 Å². The van der Waals surface area contributed by atoms with Gasteiger partial charge in [-0.05, 0) is 36.2 Å². The minimum Gasteiger partial charge on any atom is -0.508 e. The van der Waals surface area contributed by atoms with Crippen LogP contribution in [0.15, 0.2) is 42.5 Å². The summed E-state index contributed by atoms with van der Waals surface area (Å²) in [4.78, 5) is 11.2. The van der Waals surface area contributed by atoms with E-state index in [2.05, 4.69) is 5.32 Å². The third kappa shape index (κ3) is 3.89. The van der Waals surface area contributed by atoms with Crippen LogP contribution in [0, 0.1) is 0 Å². The summed E-state index contributed by atoms with van der Waals surface area (Å²) in [5.41, 5.74) is 1.79. The lowest BCUT2D eigenvalue weighted by molar-refractivity contribution is 0.0698. The number of aromatic hydroxyl groups is 1. The second kappa shape index (κ2) is 6.65. The number of anilines is 1. The maximum atomic E-state index is 11.2. The zero-order chi connectivity index (χ0) is 15.2. The second-order valence-electron chi connectivity index (χ2n) is 4.56. The van der Waals surface area contributed by atoms with E-state index in [1.54, 1.807) is 24.3 Å². The molecule has 2 aromatic rings. The maximum absolute atomic E-state index is 11.2. The molecule has 0 radical (unpaired) electrons. The van der Waals surface area contributed by atoms with Crippen LogP contribution in [0.2, 0.25) is 0 Å². The van der Waals surface area contributed by atoms with E-state index in [0.717, 1.165) is 12.0 Å². The molecular weight excluding hydrogens is 270 g/mol. The van der Waals surface area contributed by atoms with Crippen molar-refractivity contribution in [3.8, 4) is 11.5 Å². The van der Waals surface area contributed by atoms with E-state index in [1.807, 2.05) is 12.1 Å². The Morgan fingerprint density at radius 1 is 1.19 bits per heavy atom.